The van der Waals surface area contributed by atoms with Gasteiger partial charge in [0.05, 0.1) is 5.57 Å². The van der Waals surface area contributed by atoms with Crippen LogP contribution in [-0.4, -0.2) is 16.2 Å². The highest BCUT2D eigenvalue weighted by molar-refractivity contribution is 5.88. The molecule has 0 aliphatic heterocycles. The van der Waals surface area contributed by atoms with Crippen LogP contribution in [-0.2, 0) is 4.79 Å². The Morgan fingerprint density at radius 1 is 0.857 bits per heavy atom. The Kier molecular flexibility index (Phi) is 3.38. The lowest BCUT2D eigenvalue weighted by atomic mass is 9.79. The van der Waals surface area contributed by atoms with Gasteiger partial charge >= 0.3 is 5.97 Å². The van der Waals surface area contributed by atoms with E-state index in [1.807, 2.05) is 0 Å². The van der Waals surface area contributed by atoms with E-state index < -0.39 is 16.8 Å². The maximum Gasteiger partial charge on any atom is 0.335 e. The minimum Gasteiger partial charge on any atom is -0.511 e. The van der Waals surface area contributed by atoms with Gasteiger partial charge in [-0.1, -0.05) is 41.5 Å². The standard InChI is InChI=1S/C11H20O3/c1-10(2,3)7(9(13)14)8(12)11(4,5)6/h12H,1-6H3,(H,13,14)/b8-7-. The number of rotatable bonds is 1. The molecule has 0 aliphatic carbocycles. The molecule has 3 heteroatoms. The molecule has 0 aliphatic rings. The van der Waals surface area contributed by atoms with Crippen LogP contribution in [0.4, 0.5) is 0 Å². The number of carboxylic acid groups (broad SMARTS) is 1. The average Bonchev–Trinajstić information content (AvgIpc) is 1.79. The fourth-order valence-corrected chi connectivity index (χ4v) is 1.15. The molecule has 0 heterocycles. The van der Waals surface area contributed by atoms with Crippen molar-refractivity contribution in [1.29, 1.82) is 0 Å². The van der Waals surface area contributed by atoms with Gasteiger partial charge in [-0.05, 0) is 5.41 Å². The number of aliphatic hydroxyl groups is 1. The molecule has 0 saturated carbocycles. The number of carboxylic acids is 1. The summed E-state index contributed by atoms with van der Waals surface area (Å²) in [7, 11) is 0. The van der Waals surface area contributed by atoms with Gasteiger partial charge in [-0.2, -0.15) is 0 Å². The number of hydrogen-bond acceptors (Lipinski definition) is 2. The van der Waals surface area contributed by atoms with Crippen molar-refractivity contribution >= 4 is 5.97 Å². The van der Waals surface area contributed by atoms with Crippen molar-refractivity contribution in [1.82, 2.24) is 0 Å². The summed E-state index contributed by atoms with van der Waals surface area (Å²) in [6.45, 7) is 10.7. The van der Waals surface area contributed by atoms with Gasteiger partial charge in [0.25, 0.3) is 0 Å². The molecule has 14 heavy (non-hydrogen) atoms. The highest BCUT2D eigenvalue weighted by atomic mass is 16.4. The molecule has 0 rings (SSSR count). The molecule has 2 N–H and O–H groups in total. The molecule has 3 nitrogen and oxygen atoms in total. The third kappa shape index (κ3) is 3.05. The maximum absolute atomic E-state index is 11.0. The zero-order valence-corrected chi connectivity index (χ0v) is 9.80. The number of allylic oxidation sites excluding steroid dienone is 1. The molecule has 0 bridgehead atoms. The van der Waals surface area contributed by atoms with Crippen LogP contribution in [0.3, 0.4) is 0 Å². The van der Waals surface area contributed by atoms with Crippen molar-refractivity contribution in [3.63, 3.8) is 0 Å². The van der Waals surface area contributed by atoms with Crippen LogP contribution in [0, 0.1) is 10.8 Å². The number of aliphatic hydroxyl groups excluding tert-OH is 1. The molecule has 0 saturated heterocycles. The van der Waals surface area contributed by atoms with E-state index in [0.717, 1.165) is 0 Å². The van der Waals surface area contributed by atoms with Gasteiger partial charge in [0.15, 0.2) is 0 Å². The minimum atomic E-state index is -1.05. The van der Waals surface area contributed by atoms with Crippen LogP contribution >= 0.6 is 0 Å². The largest absolute Gasteiger partial charge is 0.511 e. The van der Waals surface area contributed by atoms with Gasteiger partial charge < -0.3 is 10.2 Å². The van der Waals surface area contributed by atoms with Gasteiger partial charge in [0.2, 0.25) is 0 Å². The highest BCUT2D eigenvalue weighted by Gasteiger charge is 2.32. The van der Waals surface area contributed by atoms with E-state index >= 15 is 0 Å². The third-order valence-electron chi connectivity index (χ3n) is 1.91. The van der Waals surface area contributed by atoms with Crippen molar-refractivity contribution in [3.8, 4) is 0 Å². The number of carbonyl (C=O) groups is 1. The van der Waals surface area contributed by atoms with Gasteiger partial charge in [-0.25, -0.2) is 4.79 Å². The second-order valence-corrected chi connectivity index (χ2v) is 5.53. The molecule has 0 spiro atoms. The Balaban J connectivity index is 5.53. The van der Waals surface area contributed by atoms with E-state index in [0.29, 0.717) is 0 Å². The Hall–Kier alpha value is -0.990. The van der Waals surface area contributed by atoms with Crippen molar-refractivity contribution in [3.05, 3.63) is 11.3 Å². The molecule has 0 radical (unpaired) electrons. The highest BCUT2D eigenvalue weighted by Crippen LogP contribution is 2.34. The average molecular weight is 200 g/mol. The maximum atomic E-state index is 11.0. The smallest absolute Gasteiger partial charge is 0.335 e. The number of hydrogen-bond donors (Lipinski definition) is 2. The lowest BCUT2D eigenvalue weighted by Crippen LogP contribution is -2.24. The van der Waals surface area contributed by atoms with Gasteiger partial charge in [-0.15, -0.1) is 0 Å². The molecule has 0 unspecified atom stereocenters. The summed E-state index contributed by atoms with van der Waals surface area (Å²) >= 11 is 0. The van der Waals surface area contributed by atoms with E-state index in [-0.39, 0.29) is 11.3 Å². The molecule has 0 amide bonds. The number of aliphatic carboxylic acids is 1. The molecular weight excluding hydrogens is 180 g/mol. The van der Waals surface area contributed by atoms with Crippen LogP contribution < -0.4 is 0 Å². The first-order valence-corrected chi connectivity index (χ1v) is 4.65. The first-order valence-electron chi connectivity index (χ1n) is 4.65. The first-order chi connectivity index (χ1) is 5.98. The van der Waals surface area contributed by atoms with E-state index in [4.69, 9.17) is 5.11 Å². The Labute approximate surface area is 85.4 Å². The molecular formula is C11H20O3. The molecule has 0 aromatic heterocycles. The predicted octanol–water partition coefficient (Wildman–Crippen LogP) is 2.98. The molecule has 0 fully saturated rings. The van der Waals surface area contributed by atoms with Crippen LogP contribution in [0.15, 0.2) is 11.3 Å². The third-order valence-corrected chi connectivity index (χ3v) is 1.91. The molecule has 0 atom stereocenters. The summed E-state index contributed by atoms with van der Waals surface area (Å²) in [5.41, 5.74) is -0.991. The fourth-order valence-electron chi connectivity index (χ4n) is 1.15. The van der Waals surface area contributed by atoms with Crippen LogP contribution in [0.5, 0.6) is 0 Å². The minimum absolute atomic E-state index is 0.0440. The molecule has 82 valence electrons. The first kappa shape index (κ1) is 13.0. The van der Waals surface area contributed by atoms with Gasteiger partial charge in [-0.3, -0.25) is 0 Å². The van der Waals surface area contributed by atoms with Crippen LogP contribution in [0.25, 0.3) is 0 Å². The summed E-state index contributed by atoms with van der Waals surface area (Å²) < 4.78 is 0. The summed E-state index contributed by atoms with van der Waals surface area (Å²) in [6, 6.07) is 0. The summed E-state index contributed by atoms with van der Waals surface area (Å²) in [5, 5.41) is 18.9. The summed E-state index contributed by atoms with van der Waals surface area (Å²) in [5.74, 6) is -1.09. The second kappa shape index (κ2) is 3.64. The lowest BCUT2D eigenvalue weighted by molar-refractivity contribution is -0.134. The second-order valence-electron chi connectivity index (χ2n) is 5.53. The van der Waals surface area contributed by atoms with E-state index in [1.165, 1.54) is 0 Å². The summed E-state index contributed by atoms with van der Waals surface area (Å²) in [4.78, 5) is 11.0. The summed E-state index contributed by atoms with van der Waals surface area (Å²) in [6.07, 6.45) is 0. The molecule has 0 aromatic rings. The van der Waals surface area contributed by atoms with E-state index in [2.05, 4.69) is 0 Å². The van der Waals surface area contributed by atoms with Crippen LogP contribution in [0.2, 0.25) is 0 Å². The Morgan fingerprint density at radius 3 is 1.29 bits per heavy atom. The van der Waals surface area contributed by atoms with Gasteiger partial charge in [0, 0.05) is 5.41 Å². The lowest BCUT2D eigenvalue weighted by Gasteiger charge is -2.26. The van der Waals surface area contributed by atoms with E-state index in [9.17, 15) is 9.90 Å². The van der Waals surface area contributed by atoms with Crippen LogP contribution in [0.1, 0.15) is 41.5 Å². The van der Waals surface area contributed by atoms with Gasteiger partial charge in [0.1, 0.15) is 5.76 Å². The zero-order valence-electron chi connectivity index (χ0n) is 9.80. The normalized spacial score (nSPS) is 15.0. The SMILES string of the molecule is CC(C)(C)/C(O)=C(\C(=O)O)C(C)(C)C. The molecule has 0 aromatic carbocycles. The van der Waals surface area contributed by atoms with Crippen molar-refractivity contribution in [2.24, 2.45) is 10.8 Å². The fraction of sp³-hybridized carbons (Fsp3) is 0.727. The zero-order chi connectivity index (χ0) is 11.7. The van der Waals surface area contributed by atoms with Crippen molar-refractivity contribution < 1.29 is 15.0 Å². The monoisotopic (exact) mass is 200 g/mol. The quantitative estimate of drug-likeness (QED) is 0.505. The Morgan fingerprint density at radius 2 is 1.21 bits per heavy atom. The van der Waals surface area contributed by atoms with E-state index in [1.54, 1.807) is 41.5 Å². The topological polar surface area (TPSA) is 57.5 Å². The van der Waals surface area contributed by atoms with Crippen molar-refractivity contribution in [2.75, 3.05) is 0 Å². The van der Waals surface area contributed by atoms with Crippen molar-refractivity contribution in [2.45, 2.75) is 41.5 Å². The Bertz CT molecular complexity index is 261. The predicted molar refractivity (Wildman–Crippen MR) is 56.2 cm³/mol.